The summed E-state index contributed by atoms with van der Waals surface area (Å²) in [4.78, 5) is 24.5. The van der Waals surface area contributed by atoms with Gasteiger partial charge in [0.1, 0.15) is 0 Å². The molecule has 9 nitrogen and oxygen atoms in total. The van der Waals surface area contributed by atoms with E-state index in [4.69, 9.17) is 10.8 Å². The first kappa shape index (κ1) is 21.3. The number of pyridine rings is 1. The highest BCUT2D eigenvalue weighted by Gasteiger charge is 2.30. The highest BCUT2D eigenvalue weighted by Crippen LogP contribution is 2.34. The Labute approximate surface area is 191 Å². The summed E-state index contributed by atoms with van der Waals surface area (Å²) >= 11 is 0. The van der Waals surface area contributed by atoms with E-state index in [1.165, 1.54) is 9.08 Å². The van der Waals surface area contributed by atoms with E-state index >= 15 is 0 Å². The Balaban J connectivity index is 1.77. The number of nitrogens with zero attached hydrogens (tertiary/aromatic N) is 6. The lowest BCUT2D eigenvalue weighted by Gasteiger charge is -2.17. The molecule has 2 atom stereocenters. The highest BCUT2D eigenvalue weighted by molar-refractivity contribution is 5.90. The second-order valence-electron chi connectivity index (χ2n) is 8.80. The lowest BCUT2D eigenvalue weighted by atomic mass is 9.99. The van der Waals surface area contributed by atoms with Gasteiger partial charge in [-0.3, -0.25) is 9.88 Å². The number of anilines is 1. The number of aliphatic hydroxyl groups is 1. The average Bonchev–Trinajstić information content (AvgIpc) is 3.26. The second-order valence-corrected chi connectivity index (χ2v) is 8.80. The van der Waals surface area contributed by atoms with Crippen LogP contribution in [0.15, 0.2) is 47.3 Å². The molecule has 0 saturated carbocycles. The van der Waals surface area contributed by atoms with Crippen LogP contribution >= 0.6 is 0 Å². The van der Waals surface area contributed by atoms with Crippen molar-refractivity contribution < 1.29 is 5.11 Å². The van der Waals surface area contributed by atoms with E-state index in [2.05, 4.69) is 14.9 Å². The largest absolute Gasteiger partial charge is 0.392 e. The minimum absolute atomic E-state index is 0.0132. The maximum absolute atomic E-state index is 13.3. The van der Waals surface area contributed by atoms with Crippen LogP contribution in [0.4, 0.5) is 5.95 Å². The summed E-state index contributed by atoms with van der Waals surface area (Å²) in [5.41, 5.74) is 11.3. The number of nitrogen functional groups attached to an aromatic ring is 1. The van der Waals surface area contributed by atoms with E-state index in [-0.39, 0.29) is 17.7 Å². The number of aryl methyl sites for hydroxylation is 2. The van der Waals surface area contributed by atoms with Gasteiger partial charge in [0.15, 0.2) is 5.65 Å². The van der Waals surface area contributed by atoms with Crippen molar-refractivity contribution in [3.8, 4) is 22.4 Å². The van der Waals surface area contributed by atoms with Gasteiger partial charge in [0.25, 0.3) is 0 Å². The number of benzene rings is 1. The first-order valence-electron chi connectivity index (χ1n) is 11.0. The molecule has 0 radical (unpaired) electrons. The van der Waals surface area contributed by atoms with Crippen LogP contribution in [0.2, 0.25) is 0 Å². The summed E-state index contributed by atoms with van der Waals surface area (Å²) in [6.07, 6.45) is 0.192. The molecule has 4 aromatic rings. The Morgan fingerprint density at radius 3 is 2.42 bits per heavy atom. The summed E-state index contributed by atoms with van der Waals surface area (Å²) in [6.45, 7) is 4.82. The van der Waals surface area contributed by atoms with E-state index in [0.717, 1.165) is 28.1 Å². The lowest BCUT2D eigenvalue weighted by Crippen LogP contribution is -2.34. The number of aromatic nitrogens is 5. The first-order valence-corrected chi connectivity index (χ1v) is 11.0. The van der Waals surface area contributed by atoms with Crippen LogP contribution in [-0.4, -0.2) is 59.9 Å². The summed E-state index contributed by atoms with van der Waals surface area (Å²) in [5.74, 6) is 0.0890. The Kier molecular flexibility index (Phi) is 5.22. The standard InChI is InChI=1S/C24H27N7O2/c1-14-9-17(10-15(2)26-14)20-21(16-7-5-4-6-8-16)27-23(25)31-22(20)28-30(24(31)33)12-18-11-19(32)13-29(18)3/h4-10,18-19,32H,11-13H2,1-3H3,(H2,25,27)/t18-,19-/m1/s1. The van der Waals surface area contributed by atoms with Crippen molar-refractivity contribution in [2.45, 2.75) is 39.0 Å². The topological polar surface area (TPSA) is 115 Å². The lowest BCUT2D eigenvalue weighted by molar-refractivity contribution is 0.182. The third-order valence-electron chi connectivity index (χ3n) is 6.22. The number of hydrogen-bond donors (Lipinski definition) is 2. The van der Waals surface area contributed by atoms with Crippen molar-refractivity contribution >= 4 is 11.6 Å². The smallest absolute Gasteiger partial charge is 0.353 e. The number of rotatable bonds is 4. The number of hydrogen-bond acceptors (Lipinski definition) is 7. The molecule has 33 heavy (non-hydrogen) atoms. The predicted octanol–water partition coefficient (Wildman–Crippen LogP) is 1.88. The van der Waals surface area contributed by atoms with Crippen LogP contribution in [-0.2, 0) is 6.54 Å². The Morgan fingerprint density at radius 2 is 1.79 bits per heavy atom. The maximum atomic E-state index is 13.3. The molecule has 3 N–H and O–H groups in total. The summed E-state index contributed by atoms with van der Waals surface area (Å²) in [7, 11) is 1.94. The molecule has 0 unspecified atom stereocenters. The first-order chi connectivity index (χ1) is 15.8. The van der Waals surface area contributed by atoms with E-state index in [1.807, 2.05) is 63.4 Å². The number of aliphatic hydroxyl groups excluding tert-OH is 1. The zero-order valence-electron chi connectivity index (χ0n) is 18.9. The number of β-amino-alcohol motifs (C(OH)–C–C–N with tert-alkyl or cyclic N) is 1. The molecule has 0 aliphatic carbocycles. The molecule has 0 bridgehead atoms. The fourth-order valence-electron chi connectivity index (χ4n) is 4.73. The molecule has 170 valence electrons. The SMILES string of the molecule is Cc1cc(-c2c(-c3ccccc3)nc(N)n3c(=O)n(C[C@H]4C[C@@H](O)CN4C)nc23)cc(C)n1. The van der Waals surface area contributed by atoms with Crippen molar-refractivity contribution in [3.05, 3.63) is 64.3 Å². The van der Waals surface area contributed by atoms with Gasteiger partial charge >= 0.3 is 5.69 Å². The summed E-state index contributed by atoms with van der Waals surface area (Å²) < 4.78 is 2.81. The third-order valence-corrected chi connectivity index (χ3v) is 6.22. The molecule has 0 spiro atoms. The van der Waals surface area contributed by atoms with Gasteiger partial charge in [-0.25, -0.2) is 18.9 Å². The fraction of sp³-hybridized carbons (Fsp3) is 0.333. The Bertz CT molecular complexity index is 1370. The van der Waals surface area contributed by atoms with Gasteiger partial charge in [0.2, 0.25) is 5.95 Å². The zero-order chi connectivity index (χ0) is 23.3. The number of fused-ring (bicyclic) bond motifs is 1. The van der Waals surface area contributed by atoms with E-state index in [0.29, 0.717) is 30.9 Å². The van der Waals surface area contributed by atoms with E-state index in [9.17, 15) is 9.90 Å². The van der Waals surface area contributed by atoms with Gasteiger partial charge in [-0.15, -0.1) is 5.10 Å². The molecular weight excluding hydrogens is 418 g/mol. The molecule has 9 heteroatoms. The average molecular weight is 446 g/mol. The van der Waals surface area contributed by atoms with Gasteiger partial charge < -0.3 is 10.8 Å². The van der Waals surface area contributed by atoms with Crippen molar-refractivity contribution in [1.29, 1.82) is 0 Å². The number of likely N-dealkylation sites (tertiary alicyclic amines) is 1. The summed E-state index contributed by atoms with van der Waals surface area (Å²) in [5, 5.41) is 14.8. The zero-order valence-corrected chi connectivity index (χ0v) is 18.9. The predicted molar refractivity (Wildman–Crippen MR) is 127 cm³/mol. The van der Waals surface area contributed by atoms with Crippen molar-refractivity contribution in [3.63, 3.8) is 0 Å². The molecule has 1 saturated heterocycles. The fourth-order valence-corrected chi connectivity index (χ4v) is 4.73. The Morgan fingerprint density at radius 1 is 1.09 bits per heavy atom. The van der Waals surface area contributed by atoms with Gasteiger partial charge in [0.05, 0.1) is 23.9 Å². The Hall–Kier alpha value is -3.56. The molecule has 1 aliphatic heterocycles. The second kappa shape index (κ2) is 8.09. The minimum Gasteiger partial charge on any atom is -0.392 e. The molecule has 3 aromatic heterocycles. The quantitative estimate of drug-likeness (QED) is 0.493. The molecule has 0 amide bonds. The third kappa shape index (κ3) is 3.79. The van der Waals surface area contributed by atoms with Crippen LogP contribution in [0.3, 0.4) is 0 Å². The van der Waals surface area contributed by atoms with Gasteiger partial charge in [-0.2, -0.15) is 0 Å². The monoisotopic (exact) mass is 445 g/mol. The normalized spacial score (nSPS) is 18.9. The van der Waals surface area contributed by atoms with E-state index in [1.54, 1.807) is 0 Å². The molecule has 4 heterocycles. The van der Waals surface area contributed by atoms with Crippen LogP contribution in [0.5, 0.6) is 0 Å². The van der Waals surface area contributed by atoms with Crippen molar-refractivity contribution in [2.24, 2.45) is 0 Å². The molecule has 1 fully saturated rings. The van der Waals surface area contributed by atoms with Gasteiger partial charge in [0, 0.05) is 29.5 Å². The minimum atomic E-state index is -0.400. The number of nitrogens with two attached hydrogens (primary N) is 1. The van der Waals surface area contributed by atoms with Crippen LogP contribution in [0.25, 0.3) is 28.0 Å². The van der Waals surface area contributed by atoms with Crippen molar-refractivity contribution in [2.75, 3.05) is 19.3 Å². The van der Waals surface area contributed by atoms with E-state index < -0.39 is 6.10 Å². The molecule has 5 rings (SSSR count). The molecule has 1 aromatic carbocycles. The maximum Gasteiger partial charge on any atom is 0.353 e. The molecule has 1 aliphatic rings. The van der Waals surface area contributed by atoms with Crippen LogP contribution in [0, 0.1) is 13.8 Å². The highest BCUT2D eigenvalue weighted by atomic mass is 16.3. The van der Waals surface area contributed by atoms with Crippen LogP contribution < -0.4 is 11.4 Å². The van der Waals surface area contributed by atoms with Crippen molar-refractivity contribution in [1.82, 2.24) is 29.0 Å². The van der Waals surface area contributed by atoms with Crippen LogP contribution in [0.1, 0.15) is 17.8 Å². The number of likely N-dealkylation sites (N-methyl/N-ethyl adjacent to an activating group) is 1. The van der Waals surface area contributed by atoms with Gasteiger partial charge in [-0.05, 0) is 45.0 Å². The molecular formula is C24H27N7O2. The van der Waals surface area contributed by atoms with Gasteiger partial charge in [-0.1, -0.05) is 30.3 Å². The summed E-state index contributed by atoms with van der Waals surface area (Å²) in [6, 6.07) is 13.7.